The lowest BCUT2D eigenvalue weighted by molar-refractivity contribution is -0.123. The number of nitrogens with zero attached hydrogens (tertiary/aromatic N) is 2. The molecule has 0 radical (unpaired) electrons. The van der Waals surface area contributed by atoms with E-state index in [4.69, 9.17) is 9.47 Å². The molecule has 0 unspecified atom stereocenters. The SMILES string of the molecule is COc1ccc(/C=C2/C(=O)N(C(=O)c3ccccc3O)N=C2C)cc1OC. The number of carbonyl (C=O) groups is 2. The van der Waals surface area contributed by atoms with E-state index < -0.39 is 11.8 Å². The molecule has 3 rings (SSSR count). The lowest BCUT2D eigenvalue weighted by Gasteiger charge is -2.11. The molecule has 2 aromatic carbocycles. The van der Waals surface area contributed by atoms with E-state index in [-0.39, 0.29) is 16.9 Å². The van der Waals surface area contributed by atoms with Crippen molar-refractivity contribution in [2.45, 2.75) is 6.92 Å². The highest BCUT2D eigenvalue weighted by molar-refractivity contribution is 6.30. The largest absolute Gasteiger partial charge is 0.507 e. The van der Waals surface area contributed by atoms with Gasteiger partial charge in [0, 0.05) is 0 Å². The Morgan fingerprint density at radius 1 is 1.11 bits per heavy atom. The maximum absolute atomic E-state index is 12.7. The zero-order valence-corrected chi connectivity index (χ0v) is 15.1. The minimum atomic E-state index is -0.687. The second-order valence-electron chi connectivity index (χ2n) is 5.80. The number of rotatable bonds is 4. The Morgan fingerprint density at radius 2 is 1.81 bits per heavy atom. The number of imide groups is 1. The number of phenols is 1. The van der Waals surface area contributed by atoms with Gasteiger partial charge in [-0.05, 0) is 42.8 Å². The maximum Gasteiger partial charge on any atom is 0.285 e. The van der Waals surface area contributed by atoms with E-state index in [9.17, 15) is 14.7 Å². The number of amides is 2. The van der Waals surface area contributed by atoms with Crippen molar-refractivity contribution >= 4 is 23.6 Å². The molecule has 0 aromatic heterocycles. The van der Waals surface area contributed by atoms with Crippen molar-refractivity contribution in [3.63, 3.8) is 0 Å². The molecule has 1 N–H and O–H groups in total. The second kappa shape index (κ2) is 7.33. The van der Waals surface area contributed by atoms with Gasteiger partial charge in [-0.1, -0.05) is 18.2 Å². The highest BCUT2D eigenvalue weighted by Gasteiger charge is 2.33. The van der Waals surface area contributed by atoms with Gasteiger partial charge in [-0.15, -0.1) is 0 Å². The van der Waals surface area contributed by atoms with Crippen LogP contribution in [0, 0.1) is 0 Å². The maximum atomic E-state index is 12.7. The summed E-state index contributed by atoms with van der Waals surface area (Å²) in [5, 5.41) is 14.7. The van der Waals surface area contributed by atoms with Crippen LogP contribution in [0.25, 0.3) is 6.08 Å². The molecule has 1 heterocycles. The van der Waals surface area contributed by atoms with Gasteiger partial charge in [0.2, 0.25) is 0 Å². The Bertz CT molecular complexity index is 978. The van der Waals surface area contributed by atoms with Crippen molar-refractivity contribution in [2.24, 2.45) is 5.10 Å². The number of para-hydroxylation sites is 1. The van der Waals surface area contributed by atoms with Gasteiger partial charge in [0.25, 0.3) is 11.8 Å². The summed E-state index contributed by atoms with van der Waals surface area (Å²) in [5.74, 6) is -0.364. The first-order chi connectivity index (χ1) is 13.0. The zero-order chi connectivity index (χ0) is 19.6. The first-order valence-electron chi connectivity index (χ1n) is 8.12. The molecule has 0 fully saturated rings. The summed E-state index contributed by atoms with van der Waals surface area (Å²) in [7, 11) is 3.06. The topological polar surface area (TPSA) is 88.4 Å². The Morgan fingerprint density at radius 3 is 2.48 bits per heavy atom. The van der Waals surface area contributed by atoms with Crippen LogP contribution >= 0.6 is 0 Å². The summed E-state index contributed by atoms with van der Waals surface area (Å²) in [5.41, 5.74) is 1.39. The van der Waals surface area contributed by atoms with E-state index >= 15 is 0 Å². The number of ether oxygens (including phenoxy) is 2. The number of aromatic hydroxyl groups is 1. The van der Waals surface area contributed by atoms with E-state index in [0.717, 1.165) is 5.01 Å². The average Bonchev–Trinajstić information content (AvgIpc) is 2.96. The van der Waals surface area contributed by atoms with Gasteiger partial charge in [0.15, 0.2) is 11.5 Å². The number of hydrogen-bond donors (Lipinski definition) is 1. The molecule has 0 atom stereocenters. The standard InChI is InChI=1S/C20H18N2O5/c1-12-15(10-13-8-9-17(26-2)18(11-13)27-3)20(25)22(21-12)19(24)14-6-4-5-7-16(14)23/h4-11,23H,1-3H3/b15-10+. The Labute approximate surface area is 156 Å². The molecular weight excluding hydrogens is 348 g/mol. The number of carbonyl (C=O) groups excluding carboxylic acids is 2. The van der Waals surface area contributed by atoms with Crippen molar-refractivity contribution in [3.05, 3.63) is 59.2 Å². The molecule has 0 aliphatic carbocycles. The van der Waals surface area contributed by atoms with Crippen molar-refractivity contribution in [1.29, 1.82) is 0 Å². The smallest absolute Gasteiger partial charge is 0.285 e. The fraction of sp³-hybridized carbons (Fsp3) is 0.150. The zero-order valence-electron chi connectivity index (χ0n) is 15.1. The van der Waals surface area contributed by atoms with Crippen molar-refractivity contribution in [1.82, 2.24) is 5.01 Å². The Kier molecular flexibility index (Phi) is 4.94. The van der Waals surface area contributed by atoms with Gasteiger partial charge in [-0.3, -0.25) is 9.59 Å². The molecule has 7 nitrogen and oxygen atoms in total. The summed E-state index contributed by atoms with van der Waals surface area (Å²) in [6.07, 6.45) is 1.63. The molecule has 7 heteroatoms. The van der Waals surface area contributed by atoms with Gasteiger partial charge in [-0.2, -0.15) is 10.1 Å². The van der Waals surface area contributed by atoms with E-state index in [0.29, 0.717) is 22.8 Å². The summed E-state index contributed by atoms with van der Waals surface area (Å²) in [4.78, 5) is 25.3. The molecule has 2 aromatic rings. The molecule has 0 saturated carbocycles. The third kappa shape index (κ3) is 3.39. The summed E-state index contributed by atoms with van der Waals surface area (Å²) < 4.78 is 10.5. The third-order valence-electron chi connectivity index (χ3n) is 4.11. The number of benzene rings is 2. The lowest BCUT2D eigenvalue weighted by atomic mass is 10.1. The van der Waals surface area contributed by atoms with Gasteiger partial charge < -0.3 is 14.6 Å². The van der Waals surface area contributed by atoms with Crippen LogP contribution in [0.2, 0.25) is 0 Å². The van der Waals surface area contributed by atoms with E-state index in [2.05, 4.69) is 5.10 Å². The predicted octanol–water partition coefficient (Wildman–Crippen LogP) is 2.85. The predicted molar refractivity (Wildman–Crippen MR) is 99.9 cm³/mol. The molecule has 138 valence electrons. The minimum Gasteiger partial charge on any atom is -0.507 e. The molecule has 2 amide bonds. The number of hydrogen-bond acceptors (Lipinski definition) is 6. The summed E-state index contributed by atoms with van der Waals surface area (Å²) >= 11 is 0. The van der Waals surface area contributed by atoms with Crippen LogP contribution in [-0.2, 0) is 4.79 Å². The molecule has 0 bridgehead atoms. The monoisotopic (exact) mass is 366 g/mol. The van der Waals surface area contributed by atoms with Gasteiger partial charge in [0.05, 0.1) is 31.1 Å². The minimum absolute atomic E-state index is 0.00904. The number of phenolic OH excluding ortho intramolecular Hbond substituents is 1. The van der Waals surface area contributed by atoms with Crippen LogP contribution in [-0.4, -0.2) is 41.9 Å². The average molecular weight is 366 g/mol. The molecule has 0 saturated heterocycles. The van der Waals surface area contributed by atoms with Crippen LogP contribution in [0.5, 0.6) is 17.2 Å². The highest BCUT2D eigenvalue weighted by atomic mass is 16.5. The number of methoxy groups -OCH3 is 2. The van der Waals surface area contributed by atoms with Crippen LogP contribution in [0.4, 0.5) is 0 Å². The second-order valence-corrected chi connectivity index (χ2v) is 5.80. The van der Waals surface area contributed by atoms with Crippen molar-refractivity contribution < 1.29 is 24.2 Å². The van der Waals surface area contributed by atoms with Crippen molar-refractivity contribution in [2.75, 3.05) is 14.2 Å². The Balaban J connectivity index is 1.93. The quantitative estimate of drug-likeness (QED) is 0.664. The molecule has 1 aliphatic heterocycles. The first kappa shape index (κ1) is 18.2. The molecular formula is C20H18N2O5. The fourth-order valence-corrected chi connectivity index (χ4v) is 2.70. The molecule has 0 spiro atoms. The van der Waals surface area contributed by atoms with E-state index in [1.54, 1.807) is 43.3 Å². The van der Waals surface area contributed by atoms with Gasteiger partial charge in [0.1, 0.15) is 5.75 Å². The fourth-order valence-electron chi connectivity index (χ4n) is 2.70. The number of hydrazone groups is 1. The Hall–Kier alpha value is -3.61. The van der Waals surface area contributed by atoms with Crippen LogP contribution in [0.3, 0.4) is 0 Å². The lowest BCUT2D eigenvalue weighted by Crippen LogP contribution is -2.29. The van der Waals surface area contributed by atoms with Crippen LogP contribution in [0.1, 0.15) is 22.8 Å². The van der Waals surface area contributed by atoms with E-state index in [1.807, 2.05) is 0 Å². The first-order valence-corrected chi connectivity index (χ1v) is 8.12. The summed E-state index contributed by atoms with van der Waals surface area (Å²) in [6, 6.07) is 11.2. The molecule has 27 heavy (non-hydrogen) atoms. The van der Waals surface area contributed by atoms with Crippen LogP contribution < -0.4 is 9.47 Å². The normalized spacial score (nSPS) is 15.1. The highest BCUT2D eigenvalue weighted by Crippen LogP contribution is 2.30. The van der Waals surface area contributed by atoms with Crippen molar-refractivity contribution in [3.8, 4) is 17.2 Å². The third-order valence-corrected chi connectivity index (χ3v) is 4.11. The molecule has 1 aliphatic rings. The van der Waals surface area contributed by atoms with Gasteiger partial charge >= 0.3 is 0 Å². The van der Waals surface area contributed by atoms with E-state index in [1.165, 1.54) is 26.4 Å². The van der Waals surface area contributed by atoms with Gasteiger partial charge in [-0.25, -0.2) is 0 Å². The summed E-state index contributed by atoms with van der Waals surface area (Å²) in [6.45, 7) is 1.64. The van der Waals surface area contributed by atoms with Crippen LogP contribution in [0.15, 0.2) is 53.1 Å².